The quantitative estimate of drug-likeness (QED) is 0.547. The van der Waals surface area contributed by atoms with Gasteiger partial charge >= 0.3 is 5.69 Å². The lowest BCUT2D eigenvalue weighted by Crippen LogP contribution is -2.42. The van der Waals surface area contributed by atoms with Crippen molar-refractivity contribution in [1.29, 1.82) is 0 Å². The van der Waals surface area contributed by atoms with E-state index in [4.69, 9.17) is 0 Å². The number of amides is 1. The summed E-state index contributed by atoms with van der Waals surface area (Å²) in [4.78, 5) is 39.2. The molecule has 0 aliphatic rings. The van der Waals surface area contributed by atoms with Crippen molar-refractivity contribution >= 4 is 16.8 Å². The Hall–Kier alpha value is -3.93. The minimum Gasteiger partial charge on any atom is -0.350 e. The molecule has 156 valence electrons. The zero-order valence-electron chi connectivity index (χ0n) is 17.5. The normalized spacial score (nSPS) is 10.9. The number of aryl methyl sites for hydroxylation is 2. The van der Waals surface area contributed by atoms with Gasteiger partial charge in [-0.25, -0.2) is 9.36 Å². The number of benzene rings is 3. The SMILES string of the molecule is Cc1ccc(CNC(=O)Cn2c(=O)n(-c3ccccc3C)c(=O)c3ccccc32)cc1. The lowest BCUT2D eigenvalue weighted by Gasteiger charge is -2.15. The highest BCUT2D eigenvalue weighted by atomic mass is 16.2. The van der Waals surface area contributed by atoms with Crippen molar-refractivity contribution in [2.24, 2.45) is 0 Å². The Morgan fingerprint density at radius 2 is 1.55 bits per heavy atom. The van der Waals surface area contributed by atoms with Gasteiger partial charge in [0.15, 0.2) is 0 Å². The first kappa shape index (κ1) is 20.3. The second-order valence-corrected chi connectivity index (χ2v) is 7.58. The second-order valence-electron chi connectivity index (χ2n) is 7.58. The van der Waals surface area contributed by atoms with Crippen molar-refractivity contribution in [3.05, 3.63) is 110 Å². The zero-order chi connectivity index (χ0) is 22.0. The number of nitrogens with one attached hydrogen (secondary N) is 1. The molecule has 31 heavy (non-hydrogen) atoms. The Bertz CT molecular complexity index is 1380. The summed E-state index contributed by atoms with van der Waals surface area (Å²) in [5, 5.41) is 3.24. The molecule has 6 heteroatoms. The molecule has 1 aromatic heterocycles. The summed E-state index contributed by atoms with van der Waals surface area (Å²) in [6.45, 7) is 4.03. The van der Waals surface area contributed by atoms with Crippen LogP contribution in [0.25, 0.3) is 16.6 Å². The highest BCUT2D eigenvalue weighted by molar-refractivity contribution is 5.82. The number of nitrogens with zero attached hydrogens (tertiary/aromatic N) is 2. The predicted octanol–water partition coefficient (Wildman–Crippen LogP) is 3.09. The van der Waals surface area contributed by atoms with Gasteiger partial charge < -0.3 is 5.32 Å². The average molecular weight is 413 g/mol. The van der Waals surface area contributed by atoms with E-state index in [2.05, 4.69) is 5.32 Å². The van der Waals surface area contributed by atoms with Crippen LogP contribution < -0.4 is 16.6 Å². The largest absolute Gasteiger partial charge is 0.350 e. The number of carbonyl (C=O) groups excluding carboxylic acids is 1. The number of carbonyl (C=O) groups is 1. The molecule has 0 aliphatic heterocycles. The predicted molar refractivity (Wildman–Crippen MR) is 122 cm³/mol. The monoisotopic (exact) mass is 413 g/mol. The van der Waals surface area contributed by atoms with Gasteiger partial charge in [0, 0.05) is 6.54 Å². The summed E-state index contributed by atoms with van der Waals surface area (Å²) in [6.07, 6.45) is 0. The van der Waals surface area contributed by atoms with Crippen LogP contribution in [-0.4, -0.2) is 15.0 Å². The second kappa shape index (κ2) is 8.44. The standard InChI is InChI=1S/C25H23N3O3/c1-17-11-13-19(14-12-17)15-26-23(29)16-27-22-10-6-4-8-20(22)24(30)28(25(27)31)21-9-5-3-7-18(21)2/h3-14H,15-16H2,1-2H3,(H,26,29). The van der Waals surface area contributed by atoms with E-state index >= 15 is 0 Å². The first-order valence-corrected chi connectivity index (χ1v) is 10.1. The minimum absolute atomic E-state index is 0.183. The summed E-state index contributed by atoms with van der Waals surface area (Å²) < 4.78 is 2.50. The van der Waals surface area contributed by atoms with E-state index in [0.29, 0.717) is 23.1 Å². The molecule has 4 aromatic rings. The molecule has 0 bridgehead atoms. The molecule has 0 fully saturated rings. The minimum atomic E-state index is -0.538. The molecule has 0 spiro atoms. The molecule has 4 rings (SSSR count). The van der Waals surface area contributed by atoms with Crippen LogP contribution in [0.3, 0.4) is 0 Å². The summed E-state index contributed by atoms with van der Waals surface area (Å²) in [5.41, 5.74) is 2.93. The molecule has 0 radical (unpaired) electrons. The van der Waals surface area contributed by atoms with Crippen LogP contribution in [0.4, 0.5) is 0 Å². The Kier molecular flexibility index (Phi) is 5.54. The Balaban J connectivity index is 1.74. The highest BCUT2D eigenvalue weighted by Crippen LogP contribution is 2.13. The third-order valence-electron chi connectivity index (χ3n) is 5.32. The summed E-state index contributed by atoms with van der Waals surface area (Å²) in [7, 11) is 0. The Labute approximate surface area is 179 Å². The van der Waals surface area contributed by atoms with E-state index in [9.17, 15) is 14.4 Å². The van der Waals surface area contributed by atoms with Crippen LogP contribution in [0.2, 0.25) is 0 Å². The number of fused-ring (bicyclic) bond motifs is 1. The highest BCUT2D eigenvalue weighted by Gasteiger charge is 2.17. The van der Waals surface area contributed by atoms with E-state index in [0.717, 1.165) is 21.3 Å². The summed E-state index contributed by atoms with van der Waals surface area (Å²) in [6, 6.07) is 21.9. The molecule has 6 nitrogen and oxygen atoms in total. The molecule has 1 amide bonds. The van der Waals surface area contributed by atoms with Crippen molar-refractivity contribution in [2.75, 3.05) is 0 Å². The third kappa shape index (κ3) is 4.05. The maximum Gasteiger partial charge on any atom is 0.336 e. The maximum absolute atomic E-state index is 13.3. The van der Waals surface area contributed by atoms with Crippen LogP contribution in [0.5, 0.6) is 0 Å². The van der Waals surface area contributed by atoms with Gasteiger partial charge in [0.2, 0.25) is 5.91 Å². The average Bonchev–Trinajstić information content (AvgIpc) is 2.77. The lowest BCUT2D eigenvalue weighted by molar-refractivity contribution is -0.121. The van der Waals surface area contributed by atoms with Crippen molar-refractivity contribution in [3.8, 4) is 5.69 Å². The van der Waals surface area contributed by atoms with Crippen LogP contribution in [-0.2, 0) is 17.9 Å². The van der Waals surface area contributed by atoms with Crippen LogP contribution >= 0.6 is 0 Å². The van der Waals surface area contributed by atoms with Gasteiger partial charge in [-0.2, -0.15) is 0 Å². The van der Waals surface area contributed by atoms with Gasteiger partial charge in [0.05, 0.1) is 16.6 Å². The molecular weight excluding hydrogens is 390 g/mol. The van der Waals surface area contributed by atoms with E-state index in [1.165, 1.54) is 4.57 Å². The van der Waals surface area contributed by atoms with Crippen LogP contribution in [0, 0.1) is 13.8 Å². The lowest BCUT2D eigenvalue weighted by atomic mass is 10.1. The van der Waals surface area contributed by atoms with Crippen LogP contribution in [0.15, 0.2) is 82.4 Å². The van der Waals surface area contributed by atoms with Crippen LogP contribution in [0.1, 0.15) is 16.7 Å². The van der Waals surface area contributed by atoms with E-state index in [-0.39, 0.29) is 12.5 Å². The topological polar surface area (TPSA) is 73.1 Å². The smallest absolute Gasteiger partial charge is 0.336 e. The molecule has 0 saturated carbocycles. The van der Waals surface area contributed by atoms with Gasteiger partial charge in [-0.3, -0.25) is 14.2 Å². The van der Waals surface area contributed by atoms with Crippen molar-refractivity contribution in [1.82, 2.24) is 14.5 Å². The van der Waals surface area contributed by atoms with Crippen molar-refractivity contribution in [3.63, 3.8) is 0 Å². The summed E-state index contributed by atoms with van der Waals surface area (Å²) >= 11 is 0. The fraction of sp³-hybridized carbons (Fsp3) is 0.160. The number of hydrogen-bond acceptors (Lipinski definition) is 3. The van der Waals surface area contributed by atoms with Gasteiger partial charge in [-0.1, -0.05) is 60.2 Å². The third-order valence-corrected chi connectivity index (χ3v) is 5.32. The number of aromatic nitrogens is 2. The molecule has 0 atom stereocenters. The number of para-hydroxylation sites is 2. The maximum atomic E-state index is 13.3. The fourth-order valence-electron chi connectivity index (χ4n) is 3.61. The molecule has 0 unspecified atom stereocenters. The fourth-order valence-corrected chi connectivity index (χ4v) is 3.61. The van der Waals surface area contributed by atoms with E-state index in [1.54, 1.807) is 36.4 Å². The summed E-state index contributed by atoms with van der Waals surface area (Å²) in [5.74, 6) is -0.303. The molecule has 0 saturated heterocycles. The van der Waals surface area contributed by atoms with E-state index in [1.807, 2.05) is 50.2 Å². The molecular formula is C25H23N3O3. The van der Waals surface area contributed by atoms with Gasteiger partial charge in [0.1, 0.15) is 6.54 Å². The first-order chi connectivity index (χ1) is 15.0. The van der Waals surface area contributed by atoms with Gasteiger partial charge in [-0.15, -0.1) is 0 Å². The van der Waals surface area contributed by atoms with Gasteiger partial charge in [-0.05, 0) is 43.2 Å². The molecule has 1 N–H and O–H groups in total. The number of hydrogen-bond donors (Lipinski definition) is 1. The first-order valence-electron chi connectivity index (χ1n) is 10.1. The molecule has 1 heterocycles. The van der Waals surface area contributed by atoms with Crippen molar-refractivity contribution in [2.45, 2.75) is 26.9 Å². The Morgan fingerprint density at radius 1 is 0.871 bits per heavy atom. The molecule has 0 aliphatic carbocycles. The molecule has 3 aromatic carbocycles. The van der Waals surface area contributed by atoms with Crippen molar-refractivity contribution < 1.29 is 4.79 Å². The van der Waals surface area contributed by atoms with E-state index < -0.39 is 11.2 Å². The Morgan fingerprint density at radius 3 is 2.29 bits per heavy atom. The number of rotatable bonds is 5. The van der Waals surface area contributed by atoms with Gasteiger partial charge in [0.25, 0.3) is 5.56 Å². The zero-order valence-corrected chi connectivity index (χ0v) is 17.5.